The number of ether oxygens (including phenoxy) is 1. The van der Waals surface area contributed by atoms with Gasteiger partial charge in [-0.2, -0.15) is 21.7 Å². The van der Waals surface area contributed by atoms with Crippen LogP contribution in [0.4, 0.5) is 0 Å². The molecular formula is C15H20N2O4S2. The molecule has 1 rings (SSSR count). The van der Waals surface area contributed by atoms with Gasteiger partial charge >= 0.3 is 5.97 Å². The minimum absolute atomic E-state index is 0.139. The summed E-state index contributed by atoms with van der Waals surface area (Å²) in [6, 6.07) is 5.78. The summed E-state index contributed by atoms with van der Waals surface area (Å²) in [6.45, 7) is 3.09. The molecule has 0 saturated heterocycles. The fraction of sp³-hybridized carbons (Fsp3) is 0.467. The Balaban J connectivity index is 3.02. The van der Waals surface area contributed by atoms with Crippen LogP contribution in [-0.2, 0) is 19.6 Å². The third-order valence-corrected chi connectivity index (χ3v) is 5.36. The molecule has 0 fully saturated rings. The van der Waals surface area contributed by atoms with E-state index in [4.69, 9.17) is 10.00 Å². The molecule has 1 atom stereocenters. The molecule has 8 heteroatoms. The van der Waals surface area contributed by atoms with E-state index >= 15 is 0 Å². The highest BCUT2D eigenvalue weighted by Crippen LogP contribution is 2.18. The molecule has 126 valence electrons. The maximum atomic E-state index is 12.6. The molecular weight excluding hydrogens is 336 g/mol. The molecule has 1 aromatic carbocycles. The maximum Gasteiger partial charge on any atom is 0.325 e. The van der Waals surface area contributed by atoms with Crippen LogP contribution < -0.4 is 4.72 Å². The Morgan fingerprint density at radius 2 is 2.13 bits per heavy atom. The number of hydrogen-bond donors (Lipinski definition) is 1. The maximum absolute atomic E-state index is 12.6. The Labute approximate surface area is 141 Å². The highest BCUT2D eigenvalue weighted by Gasteiger charge is 2.27. The molecule has 23 heavy (non-hydrogen) atoms. The van der Waals surface area contributed by atoms with E-state index in [0.29, 0.717) is 11.3 Å². The topological polar surface area (TPSA) is 96.3 Å². The highest BCUT2D eigenvalue weighted by molar-refractivity contribution is 7.98. The third-order valence-electron chi connectivity index (χ3n) is 3.10. The molecule has 1 N–H and O–H groups in total. The Morgan fingerprint density at radius 1 is 1.43 bits per heavy atom. The Bertz CT molecular complexity index is 696. The number of aryl methyl sites for hydroxylation is 2. The van der Waals surface area contributed by atoms with Crippen LogP contribution in [0.1, 0.15) is 17.5 Å². The summed E-state index contributed by atoms with van der Waals surface area (Å²) in [4.78, 5) is 12.1. The van der Waals surface area contributed by atoms with Crippen molar-refractivity contribution in [2.75, 3.05) is 18.6 Å². The fourth-order valence-corrected chi connectivity index (χ4v) is 3.93. The number of sulfonamides is 1. The van der Waals surface area contributed by atoms with Gasteiger partial charge in [-0.15, -0.1) is 0 Å². The Morgan fingerprint density at radius 3 is 2.74 bits per heavy atom. The van der Waals surface area contributed by atoms with Crippen molar-refractivity contribution in [2.45, 2.75) is 31.2 Å². The van der Waals surface area contributed by atoms with Gasteiger partial charge in [0.05, 0.1) is 4.90 Å². The van der Waals surface area contributed by atoms with Gasteiger partial charge in [0, 0.05) is 0 Å². The van der Waals surface area contributed by atoms with Crippen LogP contribution in [0.25, 0.3) is 0 Å². The number of nitriles is 1. The zero-order chi connectivity index (χ0) is 17.5. The van der Waals surface area contributed by atoms with Crippen molar-refractivity contribution >= 4 is 27.8 Å². The molecule has 0 radical (unpaired) electrons. The first-order valence-corrected chi connectivity index (χ1v) is 9.81. The Hall–Kier alpha value is -1.56. The lowest BCUT2D eigenvalue weighted by atomic mass is 10.2. The minimum atomic E-state index is -3.86. The molecule has 1 aromatic rings. The molecule has 0 saturated carbocycles. The number of carbonyl (C=O) groups is 1. The molecule has 0 aliphatic carbocycles. The molecule has 6 nitrogen and oxygen atoms in total. The molecule has 0 spiro atoms. The highest BCUT2D eigenvalue weighted by atomic mass is 32.2. The van der Waals surface area contributed by atoms with Crippen LogP contribution >= 0.6 is 11.8 Å². The molecule has 0 aliphatic rings. The number of hydrogen-bond acceptors (Lipinski definition) is 6. The molecule has 0 aliphatic heterocycles. The summed E-state index contributed by atoms with van der Waals surface area (Å²) in [5, 5.41) is 8.48. The predicted molar refractivity (Wildman–Crippen MR) is 89.6 cm³/mol. The molecule has 0 amide bonds. The molecule has 0 heterocycles. The van der Waals surface area contributed by atoms with Crippen molar-refractivity contribution in [1.29, 1.82) is 5.26 Å². The second kappa shape index (κ2) is 8.91. The predicted octanol–water partition coefficient (Wildman–Crippen LogP) is 1.77. The quantitative estimate of drug-likeness (QED) is 0.713. The van der Waals surface area contributed by atoms with Crippen molar-refractivity contribution in [1.82, 2.24) is 4.72 Å². The van der Waals surface area contributed by atoms with Crippen LogP contribution in [0.3, 0.4) is 0 Å². The second-order valence-corrected chi connectivity index (χ2v) is 7.66. The Kier molecular flexibility index (Phi) is 7.55. The van der Waals surface area contributed by atoms with E-state index in [2.05, 4.69) is 4.72 Å². The summed E-state index contributed by atoms with van der Waals surface area (Å²) in [5.41, 5.74) is 1.40. The molecule has 0 bridgehead atoms. The number of benzene rings is 1. The van der Waals surface area contributed by atoms with Crippen LogP contribution in [0.15, 0.2) is 23.1 Å². The molecule has 0 aromatic heterocycles. The van der Waals surface area contributed by atoms with Gasteiger partial charge in [0.15, 0.2) is 6.61 Å². The van der Waals surface area contributed by atoms with E-state index in [1.807, 2.05) is 12.3 Å². The number of carbonyl (C=O) groups excluding carboxylic acids is 1. The van der Waals surface area contributed by atoms with Gasteiger partial charge in [-0.05, 0) is 49.5 Å². The molecule has 0 unspecified atom stereocenters. The first-order valence-electron chi connectivity index (χ1n) is 6.94. The summed E-state index contributed by atoms with van der Waals surface area (Å²) >= 11 is 1.49. The van der Waals surface area contributed by atoms with E-state index < -0.39 is 28.6 Å². The van der Waals surface area contributed by atoms with Crippen molar-refractivity contribution < 1.29 is 17.9 Å². The largest absolute Gasteiger partial charge is 0.449 e. The van der Waals surface area contributed by atoms with Crippen molar-refractivity contribution in [2.24, 2.45) is 0 Å². The lowest BCUT2D eigenvalue weighted by Crippen LogP contribution is -2.42. The lowest BCUT2D eigenvalue weighted by molar-refractivity contribution is -0.144. The van der Waals surface area contributed by atoms with Crippen LogP contribution in [-0.4, -0.2) is 39.0 Å². The summed E-state index contributed by atoms with van der Waals surface area (Å²) in [5.74, 6) is -0.156. The first kappa shape index (κ1) is 19.5. The summed E-state index contributed by atoms with van der Waals surface area (Å²) in [6.07, 6.45) is 2.15. The minimum Gasteiger partial charge on any atom is -0.449 e. The zero-order valence-corrected chi connectivity index (χ0v) is 15.0. The standard InChI is InChI=1S/C15H20N2O4S2/c1-11-4-5-12(2)14(10-11)23(19,20)17-13(6-9-22-3)15(18)21-8-7-16/h4-5,10,13,17H,6,8-9H2,1-3H3/t13-/m0/s1. The van der Waals surface area contributed by atoms with E-state index in [0.717, 1.165) is 5.56 Å². The first-order chi connectivity index (χ1) is 10.8. The van der Waals surface area contributed by atoms with Crippen molar-refractivity contribution in [3.8, 4) is 6.07 Å². The number of rotatable bonds is 8. The summed E-state index contributed by atoms with van der Waals surface area (Å²) < 4.78 is 32.3. The van der Waals surface area contributed by atoms with Gasteiger partial charge in [-0.25, -0.2) is 8.42 Å². The monoisotopic (exact) mass is 356 g/mol. The van der Waals surface area contributed by atoms with Gasteiger partial charge in [0.1, 0.15) is 12.1 Å². The van der Waals surface area contributed by atoms with Gasteiger partial charge in [-0.3, -0.25) is 4.79 Å². The average Bonchev–Trinajstić information content (AvgIpc) is 2.51. The lowest BCUT2D eigenvalue weighted by Gasteiger charge is -2.17. The number of nitrogens with one attached hydrogen (secondary N) is 1. The average molecular weight is 356 g/mol. The summed E-state index contributed by atoms with van der Waals surface area (Å²) in [7, 11) is -3.86. The number of thioether (sulfide) groups is 1. The van der Waals surface area contributed by atoms with E-state index in [1.54, 1.807) is 32.0 Å². The van der Waals surface area contributed by atoms with Crippen LogP contribution in [0, 0.1) is 25.2 Å². The number of esters is 1. The SMILES string of the molecule is CSCC[C@H](NS(=O)(=O)c1cc(C)ccc1C)C(=O)OCC#N. The van der Waals surface area contributed by atoms with Gasteiger partial charge < -0.3 is 4.74 Å². The second-order valence-electron chi connectivity index (χ2n) is 4.99. The van der Waals surface area contributed by atoms with Gasteiger partial charge in [0.25, 0.3) is 0 Å². The zero-order valence-electron chi connectivity index (χ0n) is 13.3. The van der Waals surface area contributed by atoms with Crippen LogP contribution in [0.2, 0.25) is 0 Å². The van der Waals surface area contributed by atoms with Gasteiger partial charge in [-0.1, -0.05) is 12.1 Å². The van der Waals surface area contributed by atoms with E-state index in [9.17, 15) is 13.2 Å². The van der Waals surface area contributed by atoms with Crippen molar-refractivity contribution in [3.63, 3.8) is 0 Å². The number of nitrogens with zero attached hydrogens (tertiary/aromatic N) is 1. The van der Waals surface area contributed by atoms with Crippen molar-refractivity contribution in [3.05, 3.63) is 29.3 Å². The third kappa shape index (κ3) is 5.86. The smallest absolute Gasteiger partial charge is 0.325 e. The van der Waals surface area contributed by atoms with Gasteiger partial charge in [0.2, 0.25) is 10.0 Å². The fourth-order valence-electron chi connectivity index (χ4n) is 1.91. The normalized spacial score (nSPS) is 12.4. The van der Waals surface area contributed by atoms with E-state index in [1.165, 1.54) is 11.8 Å². The van der Waals surface area contributed by atoms with E-state index in [-0.39, 0.29) is 11.3 Å². The van der Waals surface area contributed by atoms with Crippen LogP contribution in [0.5, 0.6) is 0 Å².